The summed E-state index contributed by atoms with van der Waals surface area (Å²) >= 11 is 0. The summed E-state index contributed by atoms with van der Waals surface area (Å²) in [4.78, 5) is 16.1. The Kier molecular flexibility index (Phi) is 5.82. The van der Waals surface area contributed by atoms with Crippen molar-refractivity contribution in [3.63, 3.8) is 0 Å². The van der Waals surface area contributed by atoms with E-state index in [0.717, 1.165) is 40.2 Å². The maximum atomic E-state index is 12.5. The lowest BCUT2D eigenvalue weighted by atomic mass is 9.71. The van der Waals surface area contributed by atoms with Crippen molar-refractivity contribution in [2.75, 3.05) is 0 Å². The van der Waals surface area contributed by atoms with E-state index in [0.29, 0.717) is 5.56 Å². The molecule has 0 aliphatic rings. The minimum absolute atomic E-state index is 0.0517. The van der Waals surface area contributed by atoms with E-state index < -0.39 is 0 Å². The third-order valence-electron chi connectivity index (χ3n) is 6.47. The van der Waals surface area contributed by atoms with Gasteiger partial charge in [-0.1, -0.05) is 81.4 Å². The summed E-state index contributed by atoms with van der Waals surface area (Å²) in [7, 11) is 0. The highest BCUT2D eigenvalue weighted by molar-refractivity contribution is 6.17. The standard InChI is InChI=1S/C29H42N2O/c1-26(2,3)16-28(7,8)18-11-12-20-22(14-18)31-23-15-19(13-21(24(20)23)25(30)32)29(9,10)17-27(4,5)6/h11-15,31H,16-17H2,1-10H3,(H2,30,32). The molecular formula is C29H42N2O. The molecule has 0 atom stereocenters. The van der Waals surface area contributed by atoms with Crippen molar-refractivity contribution < 1.29 is 4.79 Å². The lowest BCUT2D eigenvalue weighted by molar-refractivity contribution is 0.100. The van der Waals surface area contributed by atoms with Crippen molar-refractivity contribution in [2.45, 2.75) is 92.9 Å². The molecule has 32 heavy (non-hydrogen) atoms. The molecule has 1 aromatic heterocycles. The number of hydrogen-bond acceptors (Lipinski definition) is 1. The van der Waals surface area contributed by atoms with E-state index in [1.54, 1.807) is 0 Å². The van der Waals surface area contributed by atoms with Gasteiger partial charge in [-0.25, -0.2) is 0 Å². The van der Waals surface area contributed by atoms with Gasteiger partial charge in [0.2, 0.25) is 5.91 Å². The highest BCUT2D eigenvalue weighted by Gasteiger charge is 2.30. The number of primary amides is 1. The summed E-state index contributed by atoms with van der Waals surface area (Å²) in [5.41, 5.74) is 11.4. The molecule has 2 aromatic carbocycles. The van der Waals surface area contributed by atoms with Crippen LogP contribution in [-0.2, 0) is 10.8 Å². The van der Waals surface area contributed by atoms with Crippen LogP contribution in [-0.4, -0.2) is 10.9 Å². The second-order valence-electron chi connectivity index (χ2n) is 13.4. The third kappa shape index (κ3) is 5.03. The molecule has 3 heteroatoms. The van der Waals surface area contributed by atoms with Crippen LogP contribution < -0.4 is 5.73 Å². The summed E-state index contributed by atoms with van der Waals surface area (Å²) in [5, 5.41) is 1.99. The van der Waals surface area contributed by atoms with E-state index in [4.69, 9.17) is 5.73 Å². The van der Waals surface area contributed by atoms with E-state index >= 15 is 0 Å². The fourth-order valence-electron chi connectivity index (χ4n) is 5.90. The largest absolute Gasteiger partial charge is 0.366 e. The molecule has 1 heterocycles. The van der Waals surface area contributed by atoms with Crippen LogP contribution in [0.2, 0.25) is 0 Å². The van der Waals surface area contributed by atoms with Crippen molar-refractivity contribution in [2.24, 2.45) is 16.6 Å². The molecule has 3 aromatic rings. The number of benzene rings is 2. The number of nitrogens with one attached hydrogen (secondary N) is 1. The van der Waals surface area contributed by atoms with E-state index in [1.165, 1.54) is 5.56 Å². The number of aromatic nitrogens is 1. The quantitative estimate of drug-likeness (QED) is 0.422. The third-order valence-corrected chi connectivity index (χ3v) is 6.47. The van der Waals surface area contributed by atoms with Gasteiger partial charge in [-0.3, -0.25) is 4.79 Å². The summed E-state index contributed by atoms with van der Waals surface area (Å²) in [6.07, 6.45) is 2.10. The average Bonchev–Trinajstić information content (AvgIpc) is 2.94. The van der Waals surface area contributed by atoms with Gasteiger partial charge in [0.05, 0.1) is 0 Å². The Labute approximate surface area is 194 Å². The first kappa shape index (κ1) is 24.4. The van der Waals surface area contributed by atoms with Crippen LogP contribution in [0.1, 0.15) is 104 Å². The second-order valence-corrected chi connectivity index (χ2v) is 13.4. The molecule has 0 spiro atoms. The minimum atomic E-state index is -0.374. The van der Waals surface area contributed by atoms with Crippen molar-refractivity contribution in [3.8, 4) is 0 Å². The second kappa shape index (κ2) is 7.64. The number of fused-ring (bicyclic) bond motifs is 3. The van der Waals surface area contributed by atoms with Crippen molar-refractivity contribution >= 4 is 27.7 Å². The molecule has 0 saturated carbocycles. The Morgan fingerprint density at radius 2 is 1.25 bits per heavy atom. The zero-order valence-electron chi connectivity index (χ0n) is 21.8. The van der Waals surface area contributed by atoms with Crippen LogP contribution in [0, 0.1) is 10.8 Å². The summed E-state index contributed by atoms with van der Waals surface area (Å²) < 4.78 is 0. The first-order chi connectivity index (χ1) is 14.4. The maximum absolute atomic E-state index is 12.5. The Hall–Kier alpha value is -2.29. The Morgan fingerprint density at radius 1 is 0.750 bits per heavy atom. The van der Waals surface area contributed by atoms with Gasteiger partial charge in [-0.15, -0.1) is 0 Å². The van der Waals surface area contributed by atoms with Gasteiger partial charge in [0.1, 0.15) is 0 Å². The van der Waals surface area contributed by atoms with Gasteiger partial charge < -0.3 is 10.7 Å². The topological polar surface area (TPSA) is 58.9 Å². The molecule has 0 radical (unpaired) electrons. The van der Waals surface area contributed by atoms with Gasteiger partial charge in [0.25, 0.3) is 0 Å². The smallest absolute Gasteiger partial charge is 0.249 e. The zero-order chi connectivity index (χ0) is 24.3. The van der Waals surface area contributed by atoms with Crippen LogP contribution >= 0.6 is 0 Å². The molecule has 0 fully saturated rings. The van der Waals surface area contributed by atoms with Crippen molar-refractivity contribution in [3.05, 3.63) is 47.0 Å². The fourth-order valence-corrected chi connectivity index (χ4v) is 5.90. The van der Waals surface area contributed by atoms with Crippen molar-refractivity contribution in [1.82, 2.24) is 4.98 Å². The van der Waals surface area contributed by atoms with E-state index in [2.05, 4.69) is 98.5 Å². The molecule has 0 bridgehead atoms. The molecule has 3 N–H and O–H groups in total. The van der Waals surface area contributed by atoms with E-state index in [1.807, 2.05) is 6.07 Å². The predicted octanol–water partition coefficient (Wildman–Crippen LogP) is 7.85. The monoisotopic (exact) mass is 434 g/mol. The highest BCUT2D eigenvalue weighted by Crippen LogP contribution is 2.41. The molecular weight excluding hydrogens is 392 g/mol. The number of rotatable bonds is 5. The number of nitrogens with two attached hydrogens (primary N) is 1. The van der Waals surface area contributed by atoms with Crippen LogP contribution in [0.3, 0.4) is 0 Å². The summed E-state index contributed by atoms with van der Waals surface area (Å²) in [5.74, 6) is -0.374. The summed E-state index contributed by atoms with van der Waals surface area (Å²) in [6.45, 7) is 22.8. The molecule has 174 valence electrons. The Morgan fingerprint density at radius 3 is 1.75 bits per heavy atom. The Bertz CT molecular complexity index is 1160. The molecule has 0 saturated heterocycles. The van der Waals surface area contributed by atoms with Crippen molar-refractivity contribution in [1.29, 1.82) is 0 Å². The first-order valence-electron chi connectivity index (χ1n) is 11.8. The number of carbonyl (C=O) groups is 1. The number of hydrogen-bond donors (Lipinski definition) is 2. The van der Waals surface area contributed by atoms with Gasteiger partial charge >= 0.3 is 0 Å². The summed E-state index contributed by atoms with van der Waals surface area (Å²) in [6, 6.07) is 10.9. The fraction of sp³-hybridized carbons (Fsp3) is 0.552. The number of H-pyrrole nitrogens is 1. The van der Waals surface area contributed by atoms with Gasteiger partial charge in [-0.05, 0) is 63.8 Å². The van der Waals surface area contributed by atoms with E-state index in [-0.39, 0.29) is 27.6 Å². The highest BCUT2D eigenvalue weighted by atomic mass is 16.1. The SMILES string of the molecule is CC(C)(C)CC(C)(C)c1ccc2c(c1)[nH]c1cc(C(C)(C)CC(C)(C)C)cc(C(N)=O)c12. The van der Waals surface area contributed by atoms with Crippen LogP contribution in [0.25, 0.3) is 21.8 Å². The molecule has 0 aliphatic heterocycles. The lowest BCUT2D eigenvalue weighted by Gasteiger charge is -2.33. The van der Waals surface area contributed by atoms with Gasteiger partial charge in [0.15, 0.2) is 0 Å². The molecule has 3 nitrogen and oxygen atoms in total. The average molecular weight is 435 g/mol. The van der Waals surface area contributed by atoms with Gasteiger partial charge in [-0.2, -0.15) is 0 Å². The number of carbonyl (C=O) groups excluding carboxylic acids is 1. The zero-order valence-corrected chi connectivity index (χ0v) is 21.8. The number of amides is 1. The molecule has 0 unspecified atom stereocenters. The molecule has 0 aliphatic carbocycles. The van der Waals surface area contributed by atoms with Crippen LogP contribution in [0.5, 0.6) is 0 Å². The molecule has 1 amide bonds. The van der Waals surface area contributed by atoms with Gasteiger partial charge in [0, 0.05) is 27.4 Å². The number of aromatic amines is 1. The maximum Gasteiger partial charge on any atom is 0.249 e. The predicted molar refractivity (Wildman–Crippen MR) is 139 cm³/mol. The van der Waals surface area contributed by atoms with Crippen LogP contribution in [0.4, 0.5) is 0 Å². The first-order valence-corrected chi connectivity index (χ1v) is 11.8. The lowest BCUT2D eigenvalue weighted by Crippen LogP contribution is -2.25. The van der Waals surface area contributed by atoms with E-state index in [9.17, 15) is 4.79 Å². The van der Waals surface area contributed by atoms with Crippen LogP contribution in [0.15, 0.2) is 30.3 Å². The Balaban J connectivity index is 2.21. The minimum Gasteiger partial charge on any atom is -0.366 e. The molecule has 3 rings (SSSR count). The normalized spacial score (nSPS) is 13.8.